The second-order valence-electron chi connectivity index (χ2n) is 4.60. The predicted octanol–water partition coefficient (Wildman–Crippen LogP) is 3.88. The maximum Gasteiger partial charge on any atom is 0.168 e. The fourth-order valence-corrected chi connectivity index (χ4v) is 1.92. The highest BCUT2D eigenvalue weighted by Gasteiger charge is 2.09. The number of ether oxygens (including phenoxy) is 2. The Morgan fingerprint density at radius 2 is 1.86 bits per heavy atom. The van der Waals surface area contributed by atoms with E-state index in [9.17, 15) is 4.79 Å². The molecule has 0 radical (unpaired) electrons. The number of carbonyl (C=O) groups is 1. The van der Waals surface area contributed by atoms with Crippen LogP contribution in [0.3, 0.4) is 0 Å². The van der Waals surface area contributed by atoms with Gasteiger partial charge in [0.1, 0.15) is 6.61 Å². The number of rotatable bonds is 6. The summed E-state index contributed by atoms with van der Waals surface area (Å²) in [5.74, 6) is 1.28. The lowest BCUT2D eigenvalue weighted by Crippen LogP contribution is -1.99. The van der Waals surface area contributed by atoms with Gasteiger partial charge in [0.25, 0.3) is 0 Å². The topological polar surface area (TPSA) is 35.5 Å². The molecule has 0 aliphatic heterocycles. The number of para-hydroxylation sites is 1. The Labute approximate surface area is 124 Å². The second kappa shape index (κ2) is 7.29. The van der Waals surface area contributed by atoms with E-state index in [1.165, 1.54) is 13.0 Å². The van der Waals surface area contributed by atoms with Gasteiger partial charge in [-0.05, 0) is 30.7 Å². The van der Waals surface area contributed by atoms with E-state index in [1.54, 1.807) is 13.2 Å². The molecule has 0 amide bonds. The van der Waals surface area contributed by atoms with Gasteiger partial charge in [-0.15, -0.1) is 0 Å². The van der Waals surface area contributed by atoms with E-state index in [0.29, 0.717) is 18.1 Å². The van der Waals surface area contributed by atoms with Gasteiger partial charge in [-0.1, -0.05) is 42.5 Å². The number of methoxy groups -OCH3 is 1. The summed E-state index contributed by atoms with van der Waals surface area (Å²) in [6.45, 7) is 1.96. The van der Waals surface area contributed by atoms with Gasteiger partial charge >= 0.3 is 0 Å². The minimum atomic E-state index is -0.00757. The fraction of sp³-hybridized carbons (Fsp3) is 0.167. The monoisotopic (exact) mass is 282 g/mol. The van der Waals surface area contributed by atoms with Crippen LogP contribution in [-0.2, 0) is 11.4 Å². The first kappa shape index (κ1) is 14.9. The van der Waals surface area contributed by atoms with Gasteiger partial charge in [0, 0.05) is 5.56 Å². The van der Waals surface area contributed by atoms with Crippen molar-refractivity contribution in [1.29, 1.82) is 0 Å². The quantitative estimate of drug-likeness (QED) is 0.754. The van der Waals surface area contributed by atoms with Crippen molar-refractivity contribution in [2.24, 2.45) is 0 Å². The lowest BCUT2D eigenvalue weighted by atomic mass is 10.1. The summed E-state index contributed by atoms with van der Waals surface area (Å²) >= 11 is 0. The van der Waals surface area contributed by atoms with Crippen LogP contribution in [-0.4, -0.2) is 12.9 Å². The van der Waals surface area contributed by atoms with Crippen molar-refractivity contribution >= 4 is 11.9 Å². The van der Waals surface area contributed by atoms with Crippen LogP contribution in [0.15, 0.2) is 54.6 Å². The van der Waals surface area contributed by atoms with E-state index in [-0.39, 0.29) is 5.78 Å². The summed E-state index contributed by atoms with van der Waals surface area (Å²) in [7, 11) is 1.60. The Morgan fingerprint density at radius 1 is 1.10 bits per heavy atom. The molecular weight excluding hydrogens is 264 g/mol. The maximum atomic E-state index is 11.1. The van der Waals surface area contributed by atoms with Crippen LogP contribution in [0.1, 0.15) is 18.1 Å². The van der Waals surface area contributed by atoms with E-state index >= 15 is 0 Å². The molecule has 0 atom stereocenters. The number of hydrogen-bond acceptors (Lipinski definition) is 3. The molecule has 3 heteroatoms. The first-order valence-electron chi connectivity index (χ1n) is 6.73. The lowest BCUT2D eigenvalue weighted by Gasteiger charge is -2.13. The van der Waals surface area contributed by atoms with Crippen LogP contribution in [0.25, 0.3) is 6.08 Å². The van der Waals surface area contributed by atoms with E-state index < -0.39 is 0 Å². The van der Waals surface area contributed by atoms with Gasteiger partial charge in [0.05, 0.1) is 7.11 Å². The Balaban J connectivity index is 2.25. The van der Waals surface area contributed by atoms with Crippen LogP contribution < -0.4 is 9.47 Å². The van der Waals surface area contributed by atoms with Crippen molar-refractivity contribution in [3.63, 3.8) is 0 Å². The number of ketones is 1. The molecule has 0 N–H and O–H groups in total. The average molecular weight is 282 g/mol. The predicted molar refractivity (Wildman–Crippen MR) is 83.5 cm³/mol. The molecule has 0 aliphatic rings. The average Bonchev–Trinajstić information content (AvgIpc) is 2.52. The highest BCUT2D eigenvalue weighted by Crippen LogP contribution is 2.32. The number of carbonyl (C=O) groups excluding carboxylic acids is 1. The summed E-state index contributed by atoms with van der Waals surface area (Å²) in [5, 5.41) is 0. The van der Waals surface area contributed by atoms with Gasteiger partial charge < -0.3 is 9.47 Å². The summed E-state index contributed by atoms with van der Waals surface area (Å²) in [6.07, 6.45) is 3.26. The van der Waals surface area contributed by atoms with Gasteiger partial charge in [0.15, 0.2) is 17.3 Å². The second-order valence-corrected chi connectivity index (χ2v) is 4.60. The molecule has 21 heavy (non-hydrogen) atoms. The molecule has 0 heterocycles. The first-order valence-corrected chi connectivity index (χ1v) is 6.73. The van der Waals surface area contributed by atoms with Gasteiger partial charge in [-0.25, -0.2) is 0 Å². The Morgan fingerprint density at radius 3 is 2.52 bits per heavy atom. The number of hydrogen-bond donors (Lipinski definition) is 0. The molecule has 0 unspecified atom stereocenters. The summed E-state index contributed by atoms with van der Waals surface area (Å²) in [4.78, 5) is 11.1. The van der Waals surface area contributed by atoms with Crippen LogP contribution in [0, 0.1) is 0 Å². The molecule has 2 aromatic carbocycles. The van der Waals surface area contributed by atoms with Gasteiger partial charge in [-0.3, -0.25) is 4.79 Å². The van der Waals surface area contributed by atoms with Crippen molar-refractivity contribution in [2.45, 2.75) is 13.5 Å². The third-order valence-electron chi connectivity index (χ3n) is 2.95. The molecule has 3 nitrogen and oxygen atoms in total. The van der Waals surface area contributed by atoms with Crippen LogP contribution in [0.5, 0.6) is 11.5 Å². The fourth-order valence-electron chi connectivity index (χ4n) is 1.92. The molecule has 0 spiro atoms. The highest BCUT2D eigenvalue weighted by atomic mass is 16.5. The largest absolute Gasteiger partial charge is 0.493 e. The molecule has 2 rings (SSSR count). The molecule has 2 aromatic rings. The number of benzene rings is 2. The Kier molecular flexibility index (Phi) is 5.16. The van der Waals surface area contributed by atoms with E-state index in [4.69, 9.17) is 9.47 Å². The molecule has 0 bridgehead atoms. The van der Waals surface area contributed by atoms with Crippen LogP contribution in [0.2, 0.25) is 0 Å². The summed E-state index contributed by atoms with van der Waals surface area (Å²) in [5.41, 5.74) is 1.89. The lowest BCUT2D eigenvalue weighted by molar-refractivity contribution is -0.112. The van der Waals surface area contributed by atoms with Gasteiger partial charge in [-0.2, -0.15) is 0 Å². The van der Waals surface area contributed by atoms with Gasteiger partial charge in [0.2, 0.25) is 0 Å². The minimum Gasteiger partial charge on any atom is -0.493 e. The molecule has 0 saturated heterocycles. The Hall–Kier alpha value is -2.55. The molecule has 108 valence electrons. The van der Waals surface area contributed by atoms with Crippen molar-refractivity contribution < 1.29 is 14.3 Å². The molecular formula is C18H18O3. The summed E-state index contributed by atoms with van der Waals surface area (Å²) < 4.78 is 11.2. The molecule has 0 aliphatic carbocycles. The number of allylic oxidation sites excluding steroid dienone is 1. The van der Waals surface area contributed by atoms with Crippen molar-refractivity contribution in [3.8, 4) is 11.5 Å². The zero-order chi connectivity index (χ0) is 15.1. The van der Waals surface area contributed by atoms with Crippen molar-refractivity contribution in [2.75, 3.05) is 7.11 Å². The molecule has 0 fully saturated rings. The maximum absolute atomic E-state index is 11.1. The minimum absolute atomic E-state index is 0.00757. The van der Waals surface area contributed by atoms with E-state index in [1.807, 2.05) is 48.5 Å². The van der Waals surface area contributed by atoms with Crippen LogP contribution >= 0.6 is 0 Å². The zero-order valence-electron chi connectivity index (χ0n) is 12.2. The van der Waals surface area contributed by atoms with Crippen molar-refractivity contribution in [3.05, 3.63) is 65.7 Å². The zero-order valence-corrected chi connectivity index (χ0v) is 12.2. The van der Waals surface area contributed by atoms with Crippen molar-refractivity contribution in [1.82, 2.24) is 0 Å². The normalized spacial score (nSPS) is 10.6. The molecule has 0 aromatic heterocycles. The summed E-state index contributed by atoms with van der Waals surface area (Å²) in [6, 6.07) is 15.5. The Bertz CT molecular complexity index is 630. The van der Waals surface area contributed by atoms with E-state index in [2.05, 4.69) is 0 Å². The van der Waals surface area contributed by atoms with Crippen LogP contribution in [0.4, 0.5) is 0 Å². The highest BCUT2D eigenvalue weighted by molar-refractivity contribution is 5.92. The SMILES string of the molecule is COc1cccc(/C=C/C(C)=O)c1OCc1ccccc1. The third kappa shape index (κ3) is 4.21. The first-order chi connectivity index (χ1) is 10.2. The standard InChI is InChI=1S/C18H18O3/c1-14(19)11-12-16-9-6-10-17(20-2)18(16)21-13-15-7-4-3-5-8-15/h3-12H,13H2,1-2H3/b12-11+. The smallest absolute Gasteiger partial charge is 0.168 e. The van der Waals surface area contributed by atoms with E-state index in [0.717, 1.165) is 11.1 Å². The molecule has 0 saturated carbocycles. The third-order valence-corrected chi connectivity index (χ3v) is 2.95.